The van der Waals surface area contributed by atoms with Crippen LogP contribution >= 0.6 is 0 Å². The number of pyridine rings is 1. The number of nitrogens with one attached hydrogen (secondary N) is 2. The number of fused-ring (bicyclic) bond motifs is 3. The molecular weight excluding hydrogens is 392 g/mol. The molecule has 2 N–H and O–H groups in total. The van der Waals surface area contributed by atoms with Gasteiger partial charge in [-0.2, -0.15) is 5.26 Å². The number of nitriles is 1. The number of aromatic nitrogens is 4. The molecule has 5 fully saturated rings. The van der Waals surface area contributed by atoms with Crippen LogP contribution in [0.3, 0.4) is 0 Å². The fourth-order valence-corrected chi connectivity index (χ4v) is 7.65. The maximum atomic E-state index is 13.5. The van der Waals surface area contributed by atoms with Gasteiger partial charge >= 0.3 is 5.69 Å². The Bertz CT molecular complexity index is 1320. The van der Waals surface area contributed by atoms with E-state index in [1.165, 1.54) is 0 Å². The summed E-state index contributed by atoms with van der Waals surface area (Å²) in [5.74, 6) is 1.50. The van der Waals surface area contributed by atoms with Crippen molar-refractivity contribution in [2.75, 3.05) is 13.1 Å². The number of H-pyrrole nitrogens is 2. The van der Waals surface area contributed by atoms with Crippen LogP contribution < -0.4 is 5.69 Å². The summed E-state index contributed by atoms with van der Waals surface area (Å²) in [6.07, 6.45) is 8.49. The van der Waals surface area contributed by atoms with Crippen LogP contribution in [0.4, 0.5) is 0 Å². The third kappa shape index (κ3) is 2.21. The van der Waals surface area contributed by atoms with E-state index in [4.69, 9.17) is 5.26 Å². The van der Waals surface area contributed by atoms with Gasteiger partial charge in [0, 0.05) is 30.7 Å². The van der Waals surface area contributed by atoms with Gasteiger partial charge in [0.2, 0.25) is 5.91 Å². The lowest BCUT2D eigenvalue weighted by Gasteiger charge is -2.60. The molecule has 0 radical (unpaired) electrons. The topological polar surface area (TPSA) is 111 Å². The van der Waals surface area contributed by atoms with E-state index in [2.05, 4.69) is 21.0 Å². The number of amides is 1. The molecule has 4 heterocycles. The number of carbonyl (C=O) groups excluding carboxylic acids is 1. The molecule has 1 saturated heterocycles. The molecule has 2 atom stereocenters. The summed E-state index contributed by atoms with van der Waals surface area (Å²) in [5, 5.41) is 10.1. The molecular formula is C23H24N6O2. The molecule has 3 aromatic rings. The van der Waals surface area contributed by atoms with E-state index in [0.717, 1.165) is 54.2 Å². The van der Waals surface area contributed by atoms with Crippen molar-refractivity contribution in [1.82, 2.24) is 24.4 Å². The largest absolute Gasteiger partial charge is 0.346 e. The summed E-state index contributed by atoms with van der Waals surface area (Å²) >= 11 is 0. The minimum Gasteiger partial charge on any atom is -0.346 e. The van der Waals surface area contributed by atoms with Gasteiger partial charge in [-0.15, -0.1) is 0 Å². The second-order valence-electron chi connectivity index (χ2n) is 10.3. The molecule has 4 saturated carbocycles. The van der Waals surface area contributed by atoms with Crippen LogP contribution in [0, 0.1) is 40.4 Å². The predicted octanol–water partition coefficient (Wildman–Crippen LogP) is 2.56. The van der Waals surface area contributed by atoms with Crippen molar-refractivity contribution in [3.8, 4) is 6.07 Å². The highest BCUT2D eigenvalue weighted by Gasteiger charge is 2.60. The Hall–Kier alpha value is -3.08. The molecule has 8 rings (SSSR count). The van der Waals surface area contributed by atoms with E-state index >= 15 is 0 Å². The van der Waals surface area contributed by atoms with Gasteiger partial charge in [0.05, 0.1) is 34.6 Å². The smallest absolute Gasteiger partial charge is 0.326 e. The summed E-state index contributed by atoms with van der Waals surface area (Å²) in [4.78, 5) is 39.1. The Labute approximate surface area is 178 Å². The second kappa shape index (κ2) is 5.78. The lowest BCUT2D eigenvalue weighted by molar-refractivity contribution is -0.167. The maximum Gasteiger partial charge on any atom is 0.326 e. The molecule has 8 nitrogen and oxygen atoms in total. The molecule has 31 heavy (non-hydrogen) atoms. The maximum absolute atomic E-state index is 13.5. The summed E-state index contributed by atoms with van der Waals surface area (Å²) in [6.45, 7) is 1.17. The number of rotatable bonds is 2. The molecule has 5 aliphatic rings. The molecule has 158 valence electrons. The summed E-state index contributed by atoms with van der Waals surface area (Å²) in [5.41, 5.74) is 2.16. The van der Waals surface area contributed by atoms with Gasteiger partial charge in [0.25, 0.3) is 0 Å². The number of nitrogens with zero attached hydrogens (tertiary/aromatic N) is 4. The van der Waals surface area contributed by atoms with Crippen molar-refractivity contribution in [3.63, 3.8) is 0 Å². The highest BCUT2D eigenvalue weighted by molar-refractivity contribution is 6.01. The van der Waals surface area contributed by atoms with Crippen LogP contribution in [0.5, 0.6) is 0 Å². The van der Waals surface area contributed by atoms with Crippen LogP contribution in [-0.4, -0.2) is 43.4 Å². The number of hydrogen-bond donors (Lipinski definition) is 2. The zero-order chi connectivity index (χ0) is 20.9. The Kier molecular flexibility index (Phi) is 3.28. The molecule has 3 aromatic heterocycles. The van der Waals surface area contributed by atoms with Crippen molar-refractivity contribution in [2.45, 2.75) is 38.1 Å². The molecule has 2 unspecified atom stereocenters. The Morgan fingerprint density at radius 3 is 2.74 bits per heavy atom. The van der Waals surface area contributed by atoms with Gasteiger partial charge in [0.15, 0.2) is 0 Å². The number of likely N-dealkylation sites (tertiary alicyclic amines) is 1. The van der Waals surface area contributed by atoms with Crippen LogP contribution in [0.2, 0.25) is 0 Å². The summed E-state index contributed by atoms with van der Waals surface area (Å²) in [6, 6.07) is 4.40. The normalized spacial score (nSPS) is 34.4. The van der Waals surface area contributed by atoms with E-state index in [-0.39, 0.29) is 29.0 Å². The highest BCUT2D eigenvalue weighted by atomic mass is 16.2. The average molecular weight is 416 g/mol. The van der Waals surface area contributed by atoms with Crippen LogP contribution in [0.15, 0.2) is 23.3 Å². The quantitative estimate of drug-likeness (QED) is 0.669. The number of imidazole rings is 1. The van der Waals surface area contributed by atoms with Crippen molar-refractivity contribution in [1.29, 1.82) is 5.26 Å². The number of hydrogen-bond acceptors (Lipinski definition) is 4. The Morgan fingerprint density at radius 1 is 1.23 bits per heavy atom. The monoisotopic (exact) mass is 416 g/mol. The molecule has 4 aliphatic carbocycles. The first-order valence-corrected chi connectivity index (χ1v) is 11.3. The van der Waals surface area contributed by atoms with E-state index in [0.29, 0.717) is 30.8 Å². The predicted molar refractivity (Wildman–Crippen MR) is 113 cm³/mol. The lowest BCUT2D eigenvalue weighted by atomic mass is 9.47. The van der Waals surface area contributed by atoms with Gasteiger partial charge in [-0.3, -0.25) is 9.36 Å². The van der Waals surface area contributed by atoms with Crippen LogP contribution in [0.1, 0.15) is 38.1 Å². The van der Waals surface area contributed by atoms with Crippen molar-refractivity contribution in [3.05, 3.63) is 28.9 Å². The van der Waals surface area contributed by atoms with E-state index in [1.807, 2.05) is 21.7 Å². The highest BCUT2D eigenvalue weighted by Crippen LogP contribution is 2.64. The van der Waals surface area contributed by atoms with Gasteiger partial charge in [0.1, 0.15) is 5.65 Å². The standard InChI is InChI=1S/C23H24N6O2/c24-8-13-10-28(11-13)21(30)23-5-12-3-14(6-23)18(15(4-12)7-23)29-19-16-1-2-25-20(16)26-9-17(19)27-22(29)31/h1-2,9,12-15,18H,3-7,10-11H2,(H,25,26)(H,27,31). The minimum absolute atomic E-state index is 0.00669. The van der Waals surface area contributed by atoms with E-state index in [1.54, 1.807) is 6.20 Å². The van der Waals surface area contributed by atoms with Crippen LogP contribution in [0.25, 0.3) is 22.1 Å². The van der Waals surface area contributed by atoms with Crippen molar-refractivity contribution < 1.29 is 4.79 Å². The average Bonchev–Trinajstić information content (AvgIpc) is 3.30. The molecule has 1 amide bonds. The van der Waals surface area contributed by atoms with Crippen LogP contribution in [-0.2, 0) is 4.79 Å². The SMILES string of the molecule is N#CC1CN(C(=O)C23CC4CC(C2)C(n2c(=O)[nH]c5cnc6[nH]ccc6c52)C(C4)C3)C1. The number of carbonyl (C=O) groups is 1. The first-order chi connectivity index (χ1) is 15.1. The minimum atomic E-state index is -0.284. The molecule has 1 aliphatic heterocycles. The second-order valence-corrected chi connectivity index (χ2v) is 10.3. The third-order valence-electron chi connectivity index (χ3n) is 8.59. The summed E-state index contributed by atoms with van der Waals surface area (Å²) in [7, 11) is 0. The van der Waals surface area contributed by atoms with Crippen molar-refractivity contribution >= 4 is 28.0 Å². The first-order valence-electron chi connectivity index (χ1n) is 11.3. The molecule has 8 heteroatoms. The van der Waals surface area contributed by atoms with Crippen molar-refractivity contribution in [2.24, 2.45) is 29.1 Å². The number of aromatic amines is 2. The molecule has 0 aromatic carbocycles. The fourth-order valence-electron chi connectivity index (χ4n) is 7.65. The van der Waals surface area contributed by atoms with E-state index < -0.39 is 0 Å². The Balaban J connectivity index is 1.30. The fraction of sp³-hybridized carbons (Fsp3) is 0.565. The molecule has 0 spiro atoms. The summed E-state index contributed by atoms with van der Waals surface area (Å²) < 4.78 is 1.99. The third-order valence-corrected chi connectivity index (χ3v) is 8.59. The first kappa shape index (κ1) is 17.6. The molecule has 4 bridgehead atoms. The van der Waals surface area contributed by atoms with Gasteiger partial charge < -0.3 is 14.9 Å². The van der Waals surface area contributed by atoms with Gasteiger partial charge in [-0.25, -0.2) is 9.78 Å². The Morgan fingerprint density at radius 2 is 2.00 bits per heavy atom. The van der Waals surface area contributed by atoms with E-state index in [9.17, 15) is 9.59 Å². The van der Waals surface area contributed by atoms with Gasteiger partial charge in [-0.1, -0.05) is 0 Å². The zero-order valence-corrected chi connectivity index (χ0v) is 17.2. The van der Waals surface area contributed by atoms with Gasteiger partial charge in [-0.05, 0) is 55.9 Å². The lowest BCUT2D eigenvalue weighted by Crippen LogP contribution is -2.61. The zero-order valence-electron chi connectivity index (χ0n) is 17.2.